The maximum atomic E-state index is 13.0. The summed E-state index contributed by atoms with van der Waals surface area (Å²) in [6, 6.07) is 18.7. The van der Waals surface area contributed by atoms with Gasteiger partial charge in [-0.15, -0.1) is 5.10 Å². The van der Waals surface area contributed by atoms with Crippen molar-refractivity contribution in [1.82, 2.24) is 19.7 Å². The fourth-order valence-electron chi connectivity index (χ4n) is 3.08. The van der Waals surface area contributed by atoms with Gasteiger partial charge >= 0.3 is 0 Å². The quantitative estimate of drug-likeness (QED) is 0.407. The highest BCUT2D eigenvalue weighted by molar-refractivity contribution is 5.94. The van der Waals surface area contributed by atoms with Crippen LogP contribution in [-0.4, -0.2) is 39.9 Å². The zero-order chi connectivity index (χ0) is 23.0. The van der Waals surface area contributed by atoms with E-state index in [1.54, 1.807) is 38.8 Å². The van der Waals surface area contributed by atoms with Crippen LogP contribution in [0.1, 0.15) is 15.9 Å². The lowest BCUT2D eigenvalue weighted by molar-refractivity contribution is 0.0957. The molecule has 0 radical (unpaired) electrons. The maximum absolute atomic E-state index is 13.0. The van der Waals surface area contributed by atoms with Crippen LogP contribution in [0, 0.1) is 0 Å². The van der Waals surface area contributed by atoms with E-state index in [1.807, 2.05) is 54.6 Å². The number of nitrogens with zero attached hydrogens (tertiary/aromatic N) is 4. The van der Waals surface area contributed by atoms with Crippen LogP contribution in [0.15, 0.2) is 79.1 Å². The van der Waals surface area contributed by atoms with Crippen LogP contribution in [0.25, 0.3) is 17.5 Å². The van der Waals surface area contributed by atoms with E-state index in [4.69, 9.17) is 9.47 Å². The normalized spacial score (nSPS) is 10.8. The van der Waals surface area contributed by atoms with Gasteiger partial charge in [0.25, 0.3) is 5.91 Å². The molecular formula is C25H23N5O3. The summed E-state index contributed by atoms with van der Waals surface area (Å²) < 4.78 is 11.6. The van der Waals surface area contributed by atoms with Gasteiger partial charge in [0.05, 0.1) is 14.2 Å². The van der Waals surface area contributed by atoms with Crippen LogP contribution in [0.5, 0.6) is 11.5 Å². The van der Waals surface area contributed by atoms with Gasteiger partial charge in [0.2, 0.25) is 5.95 Å². The highest BCUT2D eigenvalue weighted by Gasteiger charge is 2.16. The molecule has 0 atom stereocenters. The molecule has 33 heavy (non-hydrogen) atoms. The number of anilines is 1. The van der Waals surface area contributed by atoms with Crippen LogP contribution < -0.4 is 14.8 Å². The number of hydrogen-bond acceptors (Lipinski definition) is 7. The minimum absolute atomic E-state index is 0.328. The topological polar surface area (TPSA) is 91.2 Å². The molecule has 0 saturated heterocycles. The number of rotatable bonds is 8. The smallest absolute Gasteiger partial charge is 0.274 e. The molecule has 0 aliphatic carbocycles. The lowest BCUT2D eigenvalue weighted by Crippen LogP contribution is -2.14. The molecule has 8 heteroatoms. The second kappa shape index (κ2) is 10.2. The third kappa shape index (κ3) is 5.43. The second-order valence-electron chi connectivity index (χ2n) is 7.06. The van der Waals surface area contributed by atoms with Crippen molar-refractivity contribution in [2.24, 2.45) is 0 Å². The Bertz CT molecular complexity index is 1230. The molecule has 0 aliphatic rings. The summed E-state index contributed by atoms with van der Waals surface area (Å²) in [5, 5.41) is 7.63. The van der Waals surface area contributed by atoms with Crippen molar-refractivity contribution in [3.05, 3.63) is 90.3 Å². The molecule has 0 amide bonds. The fourth-order valence-corrected chi connectivity index (χ4v) is 3.08. The molecular weight excluding hydrogens is 418 g/mol. The Morgan fingerprint density at radius 1 is 1.00 bits per heavy atom. The number of allylic oxidation sites excluding steroid dienone is 1. The molecule has 166 valence electrons. The number of aromatic nitrogens is 4. The first-order chi connectivity index (χ1) is 16.2. The summed E-state index contributed by atoms with van der Waals surface area (Å²) in [6.07, 6.45) is 6.51. The van der Waals surface area contributed by atoms with Crippen LogP contribution in [0.3, 0.4) is 0 Å². The lowest BCUT2D eigenvalue weighted by atomic mass is 10.2. The number of hydrogen-bond donors (Lipinski definition) is 1. The molecule has 2 aromatic heterocycles. The van der Waals surface area contributed by atoms with Crippen LogP contribution in [-0.2, 0) is 6.54 Å². The number of carbonyl (C=O) groups excluding carboxylic acids is 1. The molecule has 0 saturated carbocycles. The molecule has 0 unspecified atom stereocenters. The van der Waals surface area contributed by atoms with Gasteiger partial charge < -0.3 is 14.8 Å². The molecule has 0 spiro atoms. The average Bonchev–Trinajstić information content (AvgIpc) is 3.31. The zero-order valence-electron chi connectivity index (χ0n) is 18.3. The van der Waals surface area contributed by atoms with Gasteiger partial charge in [-0.1, -0.05) is 24.3 Å². The van der Waals surface area contributed by atoms with E-state index in [-0.39, 0.29) is 5.91 Å². The number of methoxy groups -OCH3 is 2. The lowest BCUT2D eigenvalue weighted by Gasteiger charge is -2.07. The number of nitrogens with one attached hydrogen (secondary N) is 1. The van der Waals surface area contributed by atoms with E-state index in [9.17, 15) is 4.79 Å². The van der Waals surface area contributed by atoms with E-state index < -0.39 is 0 Å². The summed E-state index contributed by atoms with van der Waals surface area (Å²) >= 11 is 0. The number of benzene rings is 2. The Hall–Kier alpha value is -4.46. The number of carbonyl (C=O) groups is 1. The summed E-state index contributed by atoms with van der Waals surface area (Å²) in [6.45, 7) is 0.463. The van der Waals surface area contributed by atoms with Gasteiger partial charge in [0, 0.05) is 30.6 Å². The molecule has 2 heterocycles. The standard InChI is InChI=1S/C25H23N5O3/c1-32-21-10-5-18(6-11-21)9-14-23(31)30-25(27-16-19-7-12-22(33-2)13-8-19)28-24(29-30)20-4-3-15-26-17-20/h3-15,17H,16H2,1-2H3,(H,27,28,29). The second-order valence-corrected chi connectivity index (χ2v) is 7.06. The molecule has 0 aliphatic heterocycles. The highest BCUT2D eigenvalue weighted by atomic mass is 16.5. The third-order valence-corrected chi connectivity index (χ3v) is 4.88. The van der Waals surface area contributed by atoms with Crippen molar-refractivity contribution in [3.8, 4) is 22.9 Å². The maximum Gasteiger partial charge on any atom is 0.274 e. The molecule has 1 N–H and O–H groups in total. The SMILES string of the molecule is COc1ccc(C=CC(=O)n2nc(-c3cccnc3)nc2NCc2ccc(OC)cc2)cc1. The zero-order valence-corrected chi connectivity index (χ0v) is 18.3. The van der Waals surface area contributed by atoms with Crippen molar-refractivity contribution < 1.29 is 14.3 Å². The van der Waals surface area contributed by atoms with Crippen molar-refractivity contribution in [2.75, 3.05) is 19.5 Å². The number of pyridine rings is 1. The first kappa shape index (κ1) is 21.8. The largest absolute Gasteiger partial charge is 0.497 e. The van der Waals surface area contributed by atoms with Gasteiger partial charge in [-0.05, 0) is 53.6 Å². The minimum atomic E-state index is -0.328. The minimum Gasteiger partial charge on any atom is -0.497 e. The van der Waals surface area contributed by atoms with Crippen molar-refractivity contribution in [2.45, 2.75) is 6.54 Å². The molecule has 8 nitrogen and oxygen atoms in total. The predicted molar refractivity (Wildman–Crippen MR) is 126 cm³/mol. The van der Waals surface area contributed by atoms with Crippen molar-refractivity contribution in [1.29, 1.82) is 0 Å². The van der Waals surface area contributed by atoms with Crippen molar-refractivity contribution in [3.63, 3.8) is 0 Å². The summed E-state index contributed by atoms with van der Waals surface area (Å²) in [4.78, 5) is 21.6. The van der Waals surface area contributed by atoms with E-state index in [0.29, 0.717) is 18.3 Å². The average molecular weight is 441 g/mol. The van der Waals surface area contributed by atoms with Crippen molar-refractivity contribution >= 4 is 17.9 Å². The number of ether oxygens (including phenoxy) is 2. The van der Waals surface area contributed by atoms with Gasteiger partial charge in [0.1, 0.15) is 11.5 Å². The molecule has 4 aromatic rings. The Morgan fingerprint density at radius 3 is 2.33 bits per heavy atom. The molecule has 2 aromatic carbocycles. The van der Waals surface area contributed by atoms with Crippen LogP contribution in [0.2, 0.25) is 0 Å². The first-order valence-electron chi connectivity index (χ1n) is 10.3. The van der Waals surface area contributed by atoms with Gasteiger partial charge in [-0.25, -0.2) is 0 Å². The van der Waals surface area contributed by atoms with Gasteiger partial charge in [-0.3, -0.25) is 9.78 Å². The van der Waals surface area contributed by atoms with E-state index in [2.05, 4.69) is 20.4 Å². The predicted octanol–water partition coefficient (Wildman–Crippen LogP) is 4.32. The Kier molecular flexibility index (Phi) is 6.75. The fraction of sp³-hybridized carbons (Fsp3) is 0.120. The van der Waals surface area contributed by atoms with E-state index >= 15 is 0 Å². The summed E-state index contributed by atoms with van der Waals surface area (Å²) in [7, 11) is 3.24. The molecule has 4 rings (SSSR count). The molecule has 0 bridgehead atoms. The van der Waals surface area contributed by atoms with Crippen LogP contribution in [0.4, 0.5) is 5.95 Å². The highest BCUT2D eigenvalue weighted by Crippen LogP contribution is 2.19. The van der Waals surface area contributed by atoms with Gasteiger partial charge in [0.15, 0.2) is 5.82 Å². The monoisotopic (exact) mass is 441 g/mol. The Morgan fingerprint density at radius 2 is 1.70 bits per heavy atom. The first-order valence-corrected chi connectivity index (χ1v) is 10.3. The Balaban J connectivity index is 1.57. The Labute approximate surface area is 191 Å². The molecule has 0 fully saturated rings. The van der Waals surface area contributed by atoms with E-state index in [1.165, 1.54) is 10.8 Å². The van der Waals surface area contributed by atoms with E-state index in [0.717, 1.165) is 28.2 Å². The third-order valence-electron chi connectivity index (χ3n) is 4.88. The summed E-state index contributed by atoms with van der Waals surface area (Å²) in [5.41, 5.74) is 2.59. The summed E-state index contributed by atoms with van der Waals surface area (Å²) in [5.74, 6) is 1.95. The van der Waals surface area contributed by atoms with Gasteiger partial charge in [-0.2, -0.15) is 9.67 Å². The van der Waals surface area contributed by atoms with Crippen LogP contribution >= 0.6 is 0 Å².